The van der Waals surface area contributed by atoms with Gasteiger partial charge in [0.15, 0.2) is 0 Å². The van der Waals surface area contributed by atoms with Crippen molar-refractivity contribution in [3.8, 4) is 0 Å². The van der Waals surface area contributed by atoms with Crippen molar-refractivity contribution >= 4 is 29.5 Å². The third-order valence-electron chi connectivity index (χ3n) is 5.08. The van der Waals surface area contributed by atoms with Crippen molar-refractivity contribution in [1.29, 1.82) is 0 Å². The highest BCUT2D eigenvalue weighted by molar-refractivity contribution is 8.01. The SMILES string of the molecule is Cc1cccc(C(N)C(=O)NC2(C)C(=O)N3[C@@H](C(=O)O)C(C)(C)S[C@@H]32)c1. The Labute approximate surface area is 156 Å². The number of hydrogen-bond donors (Lipinski definition) is 3. The summed E-state index contributed by atoms with van der Waals surface area (Å²) in [7, 11) is 0. The minimum atomic E-state index is -1.16. The Balaban J connectivity index is 1.79. The Kier molecular flexibility index (Phi) is 4.31. The molecule has 0 aromatic heterocycles. The predicted molar refractivity (Wildman–Crippen MR) is 98.4 cm³/mol. The molecule has 3 rings (SSSR count). The maximum atomic E-state index is 12.7. The van der Waals surface area contributed by atoms with Crippen LogP contribution in [0, 0.1) is 6.92 Å². The van der Waals surface area contributed by atoms with Gasteiger partial charge in [-0.2, -0.15) is 0 Å². The number of nitrogens with two attached hydrogens (primary N) is 1. The number of aliphatic carboxylic acids is 1. The van der Waals surface area contributed by atoms with Crippen molar-refractivity contribution in [3.05, 3.63) is 35.4 Å². The van der Waals surface area contributed by atoms with Crippen molar-refractivity contribution < 1.29 is 19.5 Å². The van der Waals surface area contributed by atoms with Gasteiger partial charge in [0.25, 0.3) is 5.91 Å². The number of carbonyl (C=O) groups excluding carboxylic acids is 2. The van der Waals surface area contributed by atoms with Gasteiger partial charge in [-0.1, -0.05) is 29.8 Å². The minimum absolute atomic E-state index is 0.391. The molecule has 2 fully saturated rings. The molecule has 0 bridgehead atoms. The molecule has 0 saturated carbocycles. The number of aryl methyl sites for hydroxylation is 1. The van der Waals surface area contributed by atoms with E-state index in [9.17, 15) is 19.5 Å². The van der Waals surface area contributed by atoms with Crippen molar-refractivity contribution in [3.63, 3.8) is 0 Å². The van der Waals surface area contributed by atoms with Crippen LogP contribution < -0.4 is 11.1 Å². The minimum Gasteiger partial charge on any atom is -0.480 e. The van der Waals surface area contributed by atoms with Gasteiger partial charge in [-0.25, -0.2) is 4.79 Å². The second kappa shape index (κ2) is 5.99. The molecule has 1 aromatic rings. The lowest BCUT2D eigenvalue weighted by atomic mass is 9.85. The number of β-lactam (4-membered cyclic amide) rings is 1. The molecule has 0 aliphatic carbocycles. The van der Waals surface area contributed by atoms with E-state index in [4.69, 9.17) is 5.73 Å². The molecule has 2 aliphatic heterocycles. The Morgan fingerprint density at radius 2 is 2.00 bits per heavy atom. The second-order valence-corrected chi connectivity index (χ2v) is 9.34. The van der Waals surface area contributed by atoms with Crippen LogP contribution in [0.15, 0.2) is 24.3 Å². The highest BCUT2D eigenvalue weighted by Gasteiger charge is 2.70. The van der Waals surface area contributed by atoms with E-state index in [-0.39, 0.29) is 0 Å². The smallest absolute Gasteiger partial charge is 0.327 e. The van der Waals surface area contributed by atoms with Crippen LogP contribution in [-0.2, 0) is 14.4 Å². The molecule has 1 aromatic carbocycles. The van der Waals surface area contributed by atoms with E-state index in [1.807, 2.05) is 25.1 Å². The number of fused-ring (bicyclic) bond motifs is 1. The fraction of sp³-hybridized carbons (Fsp3) is 0.500. The first kappa shape index (κ1) is 18.7. The molecule has 8 heteroatoms. The largest absolute Gasteiger partial charge is 0.480 e. The van der Waals surface area contributed by atoms with Gasteiger partial charge < -0.3 is 21.1 Å². The van der Waals surface area contributed by atoms with Gasteiger partial charge in [0.05, 0.1) is 0 Å². The first-order chi connectivity index (χ1) is 12.0. The number of carboxylic acids is 1. The normalized spacial score (nSPS) is 30.3. The van der Waals surface area contributed by atoms with Crippen LogP contribution in [0.3, 0.4) is 0 Å². The Hall–Kier alpha value is -2.06. The van der Waals surface area contributed by atoms with Gasteiger partial charge in [0, 0.05) is 4.75 Å². The molecule has 2 unspecified atom stereocenters. The fourth-order valence-electron chi connectivity index (χ4n) is 3.69. The van der Waals surface area contributed by atoms with Gasteiger partial charge >= 0.3 is 5.97 Å². The van der Waals surface area contributed by atoms with Crippen LogP contribution in [0.25, 0.3) is 0 Å². The molecular formula is C18H23N3O4S. The summed E-state index contributed by atoms with van der Waals surface area (Å²) in [5.41, 5.74) is 6.56. The average molecular weight is 377 g/mol. The molecule has 4 atom stereocenters. The van der Waals surface area contributed by atoms with E-state index in [0.29, 0.717) is 5.56 Å². The first-order valence-electron chi connectivity index (χ1n) is 8.36. The molecule has 2 amide bonds. The number of nitrogens with zero attached hydrogens (tertiary/aromatic N) is 1. The fourth-order valence-corrected chi connectivity index (χ4v) is 5.33. The highest BCUT2D eigenvalue weighted by Crippen LogP contribution is 2.54. The molecule has 140 valence electrons. The predicted octanol–water partition coefficient (Wildman–Crippen LogP) is 1.02. The van der Waals surface area contributed by atoms with Crippen LogP contribution in [0.1, 0.15) is 37.9 Å². The first-order valence-corrected chi connectivity index (χ1v) is 9.24. The van der Waals surface area contributed by atoms with E-state index in [0.717, 1.165) is 5.56 Å². The number of thioether (sulfide) groups is 1. The number of hydrogen-bond acceptors (Lipinski definition) is 5. The van der Waals surface area contributed by atoms with Crippen LogP contribution in [0.5, 0.6) is 0 Å². The van der Waals surface area contributed by atoms with Crippen molar-refractivity contribution in [2.24, 2.45) is 5.73 Å². The van der Waals surface area contributed by atoms with Crippen molar-refractivity contribution in [1.82, 2.24) is 10.2 Å². The van der Waals surface area contributed by atoms with Gasteiger partial charge in [-0.3, -0.25) is 9.59 Å². The molecule has 2 heterocycles. The summed E-state index contributed by atoms with van der Waals surface area (Å²) in [6, 6.07) is 5.51. The summed E-state index contributed by atoms with van der Waals surface area (Å²) in [6.07, 6.45) is 0. The number of rotatable bonds is 4. The number of benzene rings is 1. The van der Waals surface area contributed by atoms with Gasteiger partial charge in [-0.05, 0) is 33.3 Å². The van der Waals surface area contributed by atoms with Gasteiger partial charge in [0.1, 0.15) is 23.0 Å². The molecule has 4 N–H and O–H groups in total. The van der Waals surface area contributed by atoms with E-state index in [1.54, 1.807) is 26.8 Å². The number of amides is 2. The van der Waals surface area contributed by atoms with E-state index in [1.165, 1.54) is 16.7 Å². The van der Waals surface area contributed by atoms with Crippen LogP contribution in [0.2, 0.25) is 0 Å². The lowest BCUT2D eigenvalue weighted by Gasteiger charge is -2.51. The summed E-state index contributed by atoms with van der Waals surface area (Å²) in [5, 5.41) is 11.8. The second-order valence-electron chi connectivity index (χ2n) is 7.61. The standard InChI is InChI=1S/C18H23N3O4S/c1-9-6-5-7-10(8-9)11(19)13(22)20-18(4)15(25)21-12(14(23)24)17(2,3)26-16(18)21/h5-8,11-12,16H,19H2,1-4H3,(H,20,22)(H,23,24)/t11?,12-,16+,18?/m0/s1. The maximum absolute atomic E-state index is 12.7. The Morgan fingerprint density at radius 1 is 1.35 bits per heavy atom. The van der Waals surface area contributed by atoms with Crippen molar-refractivity contribution in [2.75, 3.05) is 0 Å². The van der Waals surface area contributed by atoms with Gasteiger partial charge in [0.2, 0.25) is 5.91 Å². The quantitative estimate of drug-likeness (QED) is 0.675. The zero-order valence-corrected chi connectivity index (χ0v) is 16.0. The van der Waals surface area contributed by atoms with Crippen LogP contribution in [0.4, 0.5) is 0 Å². The van der Waals surface area contributed by atoms with E-state index in [2.05, 4.69) is 5.32 Å². The number of nitrogens with one attached hydrogen (secondary N) is 1. The van der Waals surface area contributed by atoms with Gasteiger partial charge in [-0.15, -0.1) is 11.8 Å². The zero-order valence-electron chi connectivity index (χ0n) is 15.1. The third kappa shape index (κ3) is 2.68. The number of carboxylic acid groups (broad SMARTS) is 1. The molecule has 26 heavy (non-hydrogen) atoms. The van der Waals surface area contributed by atoms with Crippen molar-refractivity contribution in [2.45, 2.75) is 55.4 Å². The highest BCUT2D eigenvalue weighted by atomic mass is 32.2. The molecule has 0 radical (unpaired) electrons. The monoisotopic (exact) mass is 377 g/mol. The van der Waals surface area contributed by atoms with E-state index < -0.39 is 45.5 Å². The lowest BCUT2D eigenvalue weighted by Crippen LogP contribution is -2.78. The molecular weight excluding hydrogens is 354 g/mol. The summed E-state index contributed by atoms with van der Waals surface area (Å²) >= 11 is 1.39. The van der Waals surface area contributed by atoms with E-state index >= 15 is 0 Å². The topological polar surface area (TPSA) is 113 Å². The summed E-state index contributed by atoms with van der Waals surface area (Å²) in [4.78, 5) is 38.3. The molecule has 0 spiro atoms. The Morgan fingerprint density at radius 3 is 2.58 bits per heavy atom. The molecule has 2 aliphatic rings. The molecule has 7 nitrogen and oxygen atoms in total. The average Bonchev–Trinajstić information content (AvgIpc) is 2.83. The van der Waals surface area contributed by atoms with Crippen LogP contribution >= 0.6 is 11.8 Å². The Bertz CT molecular complexity index is 796. The summed E-state index contributed by atoms with van der Waals surface area (Å²) in [5.74, 6) is -1.88. The molecule has 2 saturated heterocycles. The third-order valence-corrected chi connectivity index (χ3v) is 6.83. The zero-order chi connectivity index (χ0) is 19.4. The lowest BCUT2D eigenvalue weighted by molar-refractivity contribution is -0.168. The summed E-state index contributed by atoms with van der Waals surface area (Å²) < 4.78 is -0.646. The van der Waals surface area contributed by atoms with Crippen LogP contribution in [-0.4, -0.2) is 49.5 Å². The number of carbonyl (C=O) groups is 3. The summed E-state index contributed by atoms with van der Waals surface area (Å²) in [6.45, 7) is 7.13. The maximum Gasteiger partial charge on any atom is 0.327 e.